The number of nitrogen functional groups attached to an aromatic ring is 1. The number of rotatable bonds is 7. The van der Waals surface area contributed by atoms with Gasteiger partial charge in [0.1, 0.15) is 23.5 Å². The molecule has 4 aromatic rings. The average molecular weight is 508 g/mol. The van der Waals surface area contributed by atoms with Crippen molar-refractivity contribution in [2.75, 3.05) is 19.0 Å². The number of hydrogen-bond acceptors (Lipinski definition) is 8. The molecule has 13 heteroatoms. The van der Waals surface area contributed by atoms with Gasteiger partial charge < -0.3 is 20.5 Å². The van der Waals surface area contributed by atoms with E-state index in [2.05, 4.69) is 25.4 Å². The van der Waals surface area contributed by atoms with Crippen LogP contribution in [0.15, 0.2) is 47.5 Å². The molecule has 0 aliphatic carbocycles. The van der Waals surface area contributed by atoms with E-state index in [4.69, 9.17) is 20.6 Å². The summed E-state index contributed by atoms with van der Waals surface area (Å²) in [7, 11) is 1.44. The molecule has 2 aromatic heterocycles. The highest BCUT2D eigenvalue weighted by Crippen LogP contribution is 2.41. The van der Waals surface area contributed by atoms with Crippen LogP contribution < -0.4 is 26.2 Å². The van der Waals surface area contributed by atoms with Crippen LogP contribution in [0.3, 0.4) is 0 Å². The molecule has 0 unspecified atom stereocenters. The van der Waals surface area contributed by atoms with Gasteiger partial charge in [-0.15, -0.1) is 9.78 Å². The molecule has 0 saturated heterocycles. The molecule has 0 fully saturated rings. The quantitative estimate of drug-likeness (QED) is 0.219. The number of nitrogens with one attached hydrogen (secondary N) is 3. The average Bonchev–Trinajstić information content (AvgIpc) is 3.29. The number of methoxy groups -OCH3 is 1. The Hall–Kier alpha value is -4.81. The van der Waals surface area contributed by atoms with Gasteiger partial charge in [0.25, 0.3) is 5.95 Å². The molecule has 0 radical (unpaired) electrons. The Labute approximate surface area is 208 Å². The third kappa shape index (κ3) is 4.46. The first-order valence-electron chi connectivity index (χ1n) is 11.3. The summed E-state index contributed by atoms with van der Waals surface area (Å²) >= 11 is 0. The lowest BCUT2D eigenvalue weighted by atomic mass is 9.96. The Morgan fingerprint density at radius 3 is 2.78 bits per heavy atom. The first-order valence-corrected chi connectivity index (χ1v) is 11.3. The van der Waals surface area contributed by atoms with Gasteiger partial charge in [-0.05, 0) is 43.2 Å². The predicted molar refractivity (Wildman–Crippen MR) is 129 cm³/mol. The third-order valence-electron chi connectivity index (χ3n) is 5.87. The lowest BCUT2D eigenvalue weighted by Gasteiger charge is -2.25. The Kier molecular flexibility index (Phi) is 6.26. The number of ether oxygens (including phenoxy) is 2. The fraction of sp³-hybridized carbons (Fsp3) is 0.208. The maximum atomic E-state index is 15.9. The number of H-pyrrole nitrogens is 1. The van der Waals surface area contributed by atoms with Gasteiger partial charge in [0.2, 0.25) is 0 Å². The Morgan fingerprint density at radius 2 is 2.08 bits per heavy atom. The minimum absolute atomic E-state index is 0.0162. The normalized spacial score (nSPS) is 13.4. The zero-order valence-corrected chi connectivity index (χ0v) is 19.6. The van der Waals surface area contributed by atoms with Crippen molar-refractivity contribution in [3.05, 3.63) is 87.4 Å². The highest BCUT2D eigenvalue weighted by Gasteiger charge is 2.30. The molecule has 0 saturated carbocycles. The molecule has 190 valence electrons. The maximum Gasteiger partial charge on any atom is 0.350 e. The van der Waals surface area contributed by atoms with Crippen molar-refractivity contribution in [3.8, 4) is 17.4 Å². The summed E-state index contributed by atoms with van der Waals surface area (Å²) in [5.74, 6) is -1.08. The number of halogens is 2. The molecule has 0 spiro atoms. The highest BCUT2D eigenvalue weighted by atomic mass is 19.1. The molecule has 2 aromatic carbocycles. The van der Waals surface area contributed by atoms with Crippen LogP contribution in [0.5, 0.6) is 11.5 Å². The van der Waals surface area contributed by atoms with Gasteiger partial charge in [-0.25, -0.2) is 23.5 Å². The second-order valence-electron chi connectivity index (χ2n) is 8.20. The molecule has 1 aliphatic heterocycles. The van der Waals surface area contributed by atoms with E-state index in [0.717, 1.165) is 10.7 Å². The molecular weight excluding hydrogens is 486 g/mol. The van der Waals surface area contributed by atoms with Gasteiger partial charge in [0, 0.05) is 29.2 Å². The molecule has 37 heavy (non-hydrogen) atoms. The van der Waals surface area contributed by atoms with Crippen LogP contribution in [0.25, 0.3) is 5.95 Å². The predicted octanol–water partition coefficient (Wildman–Crippen LogP) is 2.45. The molecule has 11 nitrogen and oxygen atoms in total. The van der Waals surface area contributed by atoms with E-state index in [1.54, 1.807) is 6.07 Å². The lowest BCUT2D eigenvalue weighted by Crippen LogP contribution is -2.20. The Bertz CT molecular complexity index is 1540. The zero-order chi connectivity index (χ0) is 26.1. The fourth-order valence-corrected chi connectivity index (χ4v) is 4.15. The molecule has 5 rings (SSSR count). The Balaban J connectivity index is 1.66. The van der Waals surface area contributed by atoms with E-state index in [0.29, 0.717) is 36.5 Å². The number of anilines is 1. The number of aromatic nitrogens is 5. The van der Waals surface area contributed by atoms with Crippen LogP contribution >= 0.6 is 0 Å². The largest absolute Gasteiger partial charge is 0.493 e. The molecular formula is C24H22F2N8O3. The number of nitrogens with zero attached hydrogens (tertiary/aromatic N) is 4. The van der Waals surface area contributed by atoms with Crippen LogP contribution in [0.1, 0.15) is 35.0 Å². The molecule has 5 N–H and O–H groups in total. The van der Waals surface area contributed by atoms with E-state index in [9.17, 15) is 9.18 Å². The van der Waals surface area contributed by atoms with E-state index in [1.165, 1.54) is 37.7 Å². The molecule has 1 atom stereocenters. The lowest BCUT2D eigenvalue weighted by molar-refractivity contribution is 0.264. The summed E-state index contributed by atoms with van der Waals surface area (Å²) in [6.07, 6.45) is 3.93. The SMILES string of the molecule is COc1cc([C@H](Nc2ccc(C(=N)N)c(F)c2)c2nn(-c3ncccn3)c(=O)[nH]2)c(F)c2c1OCCC2. The van der Waals surface area contributed by atoms with Gasteiger partial charge in [-0.3, -0.25) is 10.4 Å². The highest BCUT2D eigenvalue weighted by molar-refractivity contribution is 5.95. The van der Waals surface area contributed by atoms with E-state index < -0.39 is 29.2 Å². The van der Waals surface area contributed by atoms with Gasteiger partial charge >= 0.3 is 5.69 Å². The second-order valence-corrected chi connectivity index (χ2v) is 8.20. The van der Waals surface area contributed by atoms with Gasteiger partial charge in [0.15, 0.2) is 17.3 Å². The van der Waals surface area contributed by atoms with Crippen molar-refractivity contribution in [1.82, 2.24) is 24.7 Å². The van der Waals surface area contributed by atoms with Crippen molar-refractivity contribution >= 4 is 11.5 Å². The molecule has 0 bridgehead atoms. The van der Waals surface area contributed by atoms with E-state index >= 15 is 4.39 Å². The fourth-order valence-electron chi connectivity index (χ4n) is 4.15. The monoisotopic (exact) mass is 508 g/mol. The number of nitrogens with two attached hydrogens (primary N) is 1. The van der Waals surface area contributed by atoms with Crippen molar-refractivity contribution in [2.45, 2.75) is 18.9 Å². The van der Waals surface area contributed by atoms with Crippen LogP contribution in [0, 0.1) is 17.0 Å². The van der Waals surface area contributed by atoms with E-state index in [1.807, 2.05) is 0 Å². The van der Waals surface area contributed by atoms with Crippen molar-refractivity contribution < 1.29 is 18.3 Å². The maximum absolute atomic E-state index is 15.9. The summed E-state index contributed by atoms with van der Waals surface area (Å²) in [6, 6.07) is 5.88. The third-order valence-corrected chi connectivity index (χ3v) is 5.87. The summed E-state index contributed by atoms with van der Waals surface area (Å²) in [5.41, 5.74) is 5.34. The van der Waals surface area contributed by atoms with Gasteiger partial charge in [0.05, 0.1) is 19.3 Å². The number of aromatic amines is 1. The van der Waals surface area contributed by atoms with Crippen LogP contribution in [0.4, 0.5) is 14.5 Å². The van der Waals surface area contributed by atoms with Crippen LogP contribution in [-0.4, -0.2) is 44.3 Å². The van der Waals surface area contributed by atoms with Crippen molar-refractivity contribution in [3.63, 3.8) is 0 Å². The topological polar surface area (TPSA) is 157 Å². The number of amidine groups is 1. The summed E-state index contributed by atoms with van der Waals surface area (Å²) in [4.78, 5) is 23.4. The molecule has 1 aliphatic rings. The van der Waals surface area contributed by atoms with Gasteiger partial charge in [-0.1, -0.05) is 0 Å². The first-order chi connectivity index (χ1) is 17.9. The van der Waals surface area contributed by atoms with Crippen LogP contribution in [0.2, 0.25) is 0 Å². The molecule has 0 amide bonds. The molecule has 3 heterocycles. The summed E-state index contributed by atoms with van der Waals surface area (Å²) in [6.45, 7) is 0.431. The number of hydrogen-bond donors (Lipinski definition) is 4. The first kappa shape index (κ1) is 23.9. The Morgan fingerprint density at radius 1 is 1.30 bits per heavy atom. The minimum Gasteiger partial charge on any atom is -0.493 e. The van der Waals surface area contributed by atoms with Crippen LogP contribution in [-0.2, 0) is 6.42 Å². The minimum atomic E-state index is -1.10. The summed E-state index contributed by atoms with van der Waals surface area (Å²) in [5, 5.41) is 14.8. The number of benzene rings is 2. The number of fused-ring (bicyclic) bond motifs is 1. The van der Waals surface area contributed by atoms with Crippen molar-refractivity contribution in [1.29, 1.82) is 5.41 Å². The zero-order valence-electron chi connectivity index (χ0n) is 19.6. The standard InChI is InChI=1S/C24H22F2N8O3/c1-36-17-11-15(18(26)14-4-2-9-37-20(14)17)19(31-12-5-6-13(21(27)28)16(25)10-12)22-32-24(35)34(33-22)23-29-7-3-8-30-23/h3,5-8,10-11,19,31H,2,4,9H2,1H3,(H3,27,28)(H,32,33,35)/t19-/m0/s1. The van der Waals surface area contributed by atoms with E-state index in [-0.39, 0.29) is 28.6 Å². The van der Waals surface area contributed by atoms with Gasteiger partial charge in [-0.2, -0.15) is 0 Å². The smallest absolute Gasteiger partial charge is 0.350 e. The summed E-state index contributed by atoms with van der Waals surface area (Å²) < 4.78 is 42.6. The second kappa shape index (κ2) is 9.68. The van der Waals surface area contributed by atoms with Crippen molar-refractivity contribution in [2.24, 2.45) is 5.73 Å².